The maximum atomic E-state index is 13.0. The zero-order valence-electron chi connectivity index (χ0n) is 15.7. The SMILES string of the molecule is O=C(O)c1ccc(CC(=O)[C@H](CC2CCCCC2)n2cnc(C(F)(F)F)c2)nc1. The van der Waals surface area contributed by atoms with Crippen molar-refractivity contribution in [1.82, 2.24) is 14.5 Å². The Morgan fingerprint density at radius 3 is 2.45 bits per heavy atom. The first-order valence-corrected chi connectivity index (χ1v) is 9.55. The third-order valence-corrected chi connectivity index (χ3v) is 5.33. The van der Waals surface area contributed by atoms with Crippen LogP contribution in [-0.2, 0) is 17.4 Å². The number of alkyl halides is 3. The van der Waals surface area contributed by atoms with Gasteiger partial charge in [0.25, 0.3) is 0 Å². The molecule has 29 heavy (non-hydrogen) atoms. The van der Waals surface area contributed by atoms with Gasteiger partial charge in [0.05, 0.1) is 24.4 Å². The second-order valence-electron chi connectivity index (χ2n) is 7.45. The molecule has 1 fully saturated rings. The van der Waals surface area contributed by atoms with Gasteiger partial charge >= 0.3 is 12.1 Å². The van der Waals surface area contributed by atoms with Crippen molar-refractivity contribution in [3.63, 3.8) is 0 Å². The highest BCUT2D eigenvalue weighted by molar-refractivity contribution is 5.87. The van der Waals surface area contributed by atoms with Crippen LogP contribution in [0.15, 0.2) is 30.9 Å². The van der Waals surface area contributed by atoms with Gasteiger partial charge < -0.3 is 9.67 Å². The number of hydrogen-bond acceptors (Lipinski definition) is 4. The van der Waals surface area contributed by atoms with Gasteiger partial charge in [-0.3, -0.25) is 9.78 Å². The summed E-state index contributed by atoms with van der Waals surface area (Å²) in [6.07, 6.45) is 4.07. The Balaban J connectivity index is 1.80. The fourth-order valence-electron chi connectivity index (χ4n) is 3.76. The lowest BCUT2D eigenvalue weighted by Crippen LogP contribution is -2.24. The van der Waals surface area contributed by atoms with Crippen LogP contribution in [0.5, 0.6) is 0 Å². The van der Waals surface area contributed by atoms with Gasteiger partial charge in [-0.15, -0.1) is 0 Å². The van der Waals surface area contributed by atoms with Crippen LogP contribution in [0.4, 0.5) is 13.2 Å². The molecule has 0 bridgehead atoms. The van der Waals surface area contributed by atoms with Gasteiger partial charge in [0.15, 0.2) is 11.5 Å². The first kappa shape index (κ1) is 21.0. The van der Waals surface area contributed by atoms with Gasteiger partial charge in [0.1, 0.15) is 0 Å². The molecular weight excluding hydrogens is 387 g/mol. The van der Waals surface area contributed by atoms with Gasteiger partial charge in [-0.2, -0.15) is 13.2 Å². The summed E-state index contributed by atoms with van der Waals surface area (Å²) >= 11 is 0. The van der Waals surface area contributed by atoms with E-state index < -0.39 is 23.9 Å². The lowest BCUT2D eigenvalue weighted by atomic mass is 9.83. The summed E-state index contributed by atoms with van der Waals surface area (Å²) < 4.78 is 40.1. The number of ketones is 1. The lowest BCUT2D eigenvalue weighted by Gasteiger charge is -2.26. The van der Waals surface area contributed by atoms with E-state index in [1.807, 2.05) is 0 Å². The number of hydrogen-bond donors (Lipinski definition) is 1. The van der Waals surface area contributed by atoms with Crippen LogP contribution < -0.4 is 0 Å². The molecule has 0 unspecified atom stereocenters. The third-order valence-electron chi connectivity index (χ3n) is 5.33. The zero-order valence-corrected chi connectivity index (χ0v) is 15.7. The second kappa shape index (κ2) is 8.75. The van der Waals surface area contributed by atoms with Crippen molar-refractivity contribution in [1.29, 1.82) is 0 Å². The summed E-state index contributed by atoms with van der Waals surface area (Å²) in [5, 5.41) is 8.94. The van der Waals surface area contributed by atoms with Crippen molar-refractivity contribution in [2.75, 3.05) is 0 Å². The topological polar surface area (TPSA) is 85.1 Å². The largest absolute Gasteiger partial charge is 0.478 e. The minimum atomic E-state index is -4.57. The number of carbonyl (C=O) groups excluding carboxylic acids is 1. The second-order valence-corrected chi connectivity index (χ2v) is 7.45. The van der Waals surface area contributed by atoms with Crippen molar-refractivity contribution < 1.29 is 27.9 Å². The highest BCUT2D eigenvalue weighted by Gasteiger charge is 2.35. The van der Waals surface area contributed by atoms with E-state index in [0.717, 1.165) is 44.6 Å². The minimum absolute atomic E-state index is 0.00406. The van der Waals surface area contributed by atoms with Gasteiger partial charge in [-0.05, 0) is 24.5 Å². The van der Waals surface area contributed by atoms with E-state index in [1.54, 1.807) is 0 Å². The smallest absolute Gasteiger partial charge is 0.434 e. The fourth-order valence-corrected chi connectivity index (χ4v) is 3.76. The Labute approximate surface area is 165 Å². The average molecular weight is 409 g/mol. The molecule has 9 heteroatoms. The van der Waals surface area contributed by atoms with Crippen LogP contribution in [0.1, 0.15) is 66.3 Å². The molecule has 2 aromatic rings. The number of nitrogens with zero attached hydrogens (tertiary/aromatic N) is 3. The highest BCUT2D eigenvalue weighted by Crippen LogP contribution is 2.33. The summed E-state index contributed by atoms with van der Waals surface area (Å²) in [5.41, 5.74) is -0.642. The Morgan fingerprint density at radius 1 is 1.17 bits per heavy atom. The highest BCUT2D eigenvalue weighted by atomic mass is 19.4. The molecule has 0 saturated heterocycles. The Bertz CT molecular complexity index is 856. The molecule has 1 saturated carbocycles. The number of rotatable bonds is 7. The first-order chi connectivity index (χ1) is 13.7. The Hall–Kier alpha value is -2.71. The predicted molar refractivity (Wildman–Crippen MR) is 97.4 cm³/mol. The molecule has 3 rings (SSSR count). The van der Waals surface area contributed by atoms with Gasteiger partial charge in [-0.25, -0.2) is 9.78 Å². The molecule has 6 nitrogen and oxygen atoms in total. The van der Waals surface area contributed by atoms with Crippen LogP contribution in [-0.4, -0.2) is 31.4 Å². The number of Topliss-reactive ketones (excluding diaryl/α,β-unsaturated/α-hetero) is 1. The van der Waals surface area contributed by atoms with E-state index in [1.165, 1.54) is 22.9 Å². The molecule has 1 aliphatic rings. The molecule has 1 atom stereocenters. The van der Waals surface area contributed by atoms with Crippen LogP contribution in [0, 0.1) is 5.92 Å². The van der Waals surface area contributed by atoms with Crippen molar-refractivity contribution in [2.24, 2.45) is 5.92 Å². The maximum Gasteiger partial charge on any atom is 0.434 e. The van der Waals surface area contributed by atoms with Gasteiger partial charge in [0.2, 0.25) is 0 Å². The standard InChI is InChI=1S/C20H22F3N3O3/c21-20(22,23)18-11-26(12-25-18)16(8-13-4-2-1-3-5-13)17(27)9-15-7-6-14(10-24-15)19(28)29/h6-7,10-13,16H,1-5,8-9H2,(H,28,29)/t16-/m0/s1. The van der Waals surface area contributed by atoms with Crippen LogP contribution >= 0.6 is 0 Å². The number of aromatic carboxylic acids is 1. The van der Waals surface area contributed by atoms with Gasteiger partial charge in [-0.1, -0.05) is 32.1 Å². The number of aromatic nitrogens is 3. The molecule has 2 heterocycles. The predicted octanol–water partition coefficient (Wildman–Crippen LogP) is 4.32. The molecule has 2 aromatic heterocycles. The number of pyridine rings is 1. The van der Waals surface area contributed by atoms with E-state index >= 15 is 0 Å². The molecule has 0 spiro atoms. The molecule has 156 valence electrons. The Kier molecular flexibility index (Phi) is 6.34. The maximum absolute atomic E-state index is 13.0. The third kappa shape index (κ3) is 5.42. The first-order valence-electron chi connectivity index (χ1n) is 9.55. The number of imidazole rings is 1. The average Bonchev–Trinajstić information content (AvgIpc) is 3.17. The van der Waals surface area contributed by atoms with Gasteiger partial charge in [0, 0.05) is 18.1 Å². The number of carbonyl (C=O) groups is 2. The molecule has 0 aliphatic heterocycles. The molecule has 0 radical (unpaired) electrons. The van der Waals surface area contributed by atoms with Crippen LogP contribution in [0.2, 0.25) is 0 Å². The molecule has 1 aliphatic carbocycles. The van der Waals surface area contributed by atoms with Crippen molar-refractivity contribution in [3.8, 4) is 0 Å². The summed E-state index contributed by atoms with van der Waals surface area (Å²) in [5.74, 6) is -1.11. The summed E-state index contributed by atoms with van der Waals surface area (Å²) in [6, 6.07) is 2.05. The number of carboxylic acids is 1. The van der Waals surface area contributed by atoms with E-state index in [2.05, 4.69) is 9.97 Å². The minimum Gasteiger partial charge on any atom is -0.478 e. The van der Waals surface area contributed by atoms with E-state index in [4.69, 9.17) is 5.11 Å². The van der Waals surface area contributed by atoms with Crippen LogP contribution in [0.3, 0.4) is 0 Å². The monoisotopic (exact) mass is 409 g/mol. The number of carboxylic acid groups (broad SMARTS) is 1. The molecule has 1 N–H and O–H groups in total. The molecular formula is C20H22F3N3O3. The quantitative estimate of drug-likeness (QED) is 0.736. The zero-order chi connectivity index (χ0) is 21.0. The van der Waals surface area contributed by atoms with Crippen molar-refractivity contribution in [2.45, 2.75) is 57.2 Å². The summed E-state index contributed by atoms with van der Waals surface area (Å²) in [4.78, 5) is 31.3. The summed E-state index contributed by atoms with van der Waals surface area (Å²) in [7, 11) is 0. The Morgan fingerprint density at radius 2 is 1.90 bits per heavy atom. The van der Waals surface area contributed by atoms with Crippen LogP contribution in [0.25, 0.3) is 0 Å². The molecule has 0 amide bonds. The van der Waals surface area contributed by atoms with E-state index in [9.17, 15) is 22.8 Å². The number of halogens is 3. The van der Waals surface area contributed by atoms with Crippen molar-refractivity contribution >= 4 is 11.8 Å². The summed E-state index contributed by atoms with van der Waals surface area (Å²) in [6.45, 7) is 0. The fraction of sp³-hybridized carbons (Fsp3) is 0.500. The van der Waals surface area contributed by atoms with Crippen molar-refractivity contribution in [3.05, 3.63) is 47.8 Å². The van der Waals surface area contributed by atoms with E-state index in [0.29, 0.717) is 12.1 Å². The normalized spacial score (nSPS) is 16.5. The molecule has 0 aromatic carbocycles. The van der Waals surface area contributed by atoms with E-state index in [-0.39, 0.29) is 23.7 Å². The lowest BCUT2D eigenvalue weighted by molar-refractivity contribution is -0.141.